The van der Waals surface area contributed by atoms with Crippen molar-refractivity contribution in [2.45, 2.75) is 6.92 Å². The topological polar surface area (TPSA) is 41.8 Å². The number of rotatable bonds is 2. The van der Waals surface area contributed by atoms with E-state index in [2.05, 4.69) is 78.6 Å². The van der Waals surface area contributed by atoms with Gasteiger partial charge in [-0.25, -0.2) is 0 Å². The van der Waals surface area contributed by atoms with E-state index in [-0.39, 0.29) is 0 Å². The summed E-state index contributed by atoms with van der Waals surface area (Å²) < 4.78 is 0. The maximum absolute atomic E-state index is 6.29. The summed E-state index contributed by atoms with van der Waals surface area (Å²) in [5, 5.41) is 2.48. The van der Waals surface area contributed by atoms with E-state index in [0.717, 1.165) is 27.8 Å². The summed E-state index contributed by atoms with van der Waals surface area (Å²) in [5.74, 6) is 0. The molecule has 130 valence electrons. The van der Waals surface area contributed by atoms with Gasteiger partial charge in [0.25, 0.3) is 0 Å². The second kappa shape index (κ2) is 6.03. The molecule has 0 bridgehead atoms. The number of aromatic amines is 1. The first-order valence-electron chi connectivity index (χ1n) is 9.18. The number of anilines is 1. The molecule has 0 spiro atoms. The first-order chi connectivity index (χ1) is 13.2. The highest BCUT2D eigenvalue weighted by Gasteiger charge is 2.15. The lowest BCUT2D eigenvalue weighted by molar-refractivity contribution is 1.47. The average Bonchev–Trinajstić information content (AvgIpc) is 3.08. The average molecular weight is 348 g/mol. The Morgan fingerprint density at radius 3 is 2.19 bits per heavy atom. The zero-order valence-corrected chi connectivity index (χ0v) is 15.2. The molecule has 0 aliphatic carbocycles. The van der Waals surface area contributed by atoms with Crippen molar-refractivity contribution in [3.8, 4) is 22.3 Å². The van der Waals surface area contributed by atoms with Crippen LogP contribution in [0.25, 0.3) is 44.1 Å². The fourth-order valence-corrected chi connectivity index (χ4v) is 3.90. The van der Waals surface area contributed by atoms with Crippen molar-refractivity contribution in [3.05, 3.63) is 90.5 Å². The Hall–Kier alpha value is -3.52. The van der Waals surface area contributed by atoms with Crippen LogP contribution >= 0.6 is 0 Å². The van der Waals surface area contributed by atoms with Crippen molar-refractivity contribution in [1.82, 2.24) is 4.98 Å². The van der Waals surface area contributed by atoms with E-state index < -0.39 is 0 Å². The van der Waals surface area contributed by atoms with Gasteiger partial charge in [0.15, 0.2) is 0 Å². The molecule has 2 nitrogen and oxygen atoms in total. The standard InChI is InChI=1S/C25H20N2/c1-16-10-12-17(13-11-16)18-14-15-20(19-6-2-4-8-22(19)26)25-24(18)21-7-3-5-9-23(21)27-25/h2-15,27H,26H2,1H3. The van der Waals surface area contributed by atoms with E-state index in [1.165, 1.54) is 27.5 Å². The first-order valence-corrected chi connectivity index (χ1v) is 9.18. The van der Waals surface area contributed by atoms with E-state index in [1.807, 2.05) is 18.2 Å². The van der Waals surface area contributed by atoms with Crippen LogP contribution in [0, 0.1) is 6.92 Å². The van der Waals surface area contributed by atoms with Gasteiger partial charge in [-0.15, -0.1) is 0 Å². The number of aromatic nitrogens is 1. The zero-order chi connectivity index (χ0) is 18.4. The van der Waals surface area contributed by atoms with Crippen molar-refractivity contribution < 1.29 is 0 Å². The van der Waals surface area contributed by atoms with Gasteiger partial charge in [0.05, 0.1) is 5.52 Å². The predicted molar refractivity (Wildman–Crippen MR) is 116 cm³/mol. The molecule has 27 heavy (non-hydrogen) atoms. The van der Waals surface area contributed by atoms with Crippen LogP contribution in [-0.4, -0.2) is 4.98 Å². The lowest BCUT2D eigenvalue weighted by Crippen LogP contribution is -1.91. The fraction of sp³-hybridized carbons (Fsp3) is 0.0400. The highest BCUT2D eigenvalue weighted by molar-refractivity contribution is 6.18. The van der Waals surface area contributed by atoms with Crippen LogP contribution in [0.5, 0.6) is 0 Å². The molecule has 2 heteroatoms. The highest BCUT2D eigenvalue weighted by atomic mass is 14.7. The van der Waals surface area contributed by atoms with Crippen LogP contribution < -0.4 is 5.73 Å². The quantitative estimate of drug-likeness (QED) is 0.349. The van der Waals surface area contributed by atoms with Crippen LogP contribution in [0.15, 0.2) is 84.9 Å². The van der Waals surface area contributed by atoms with Gasteiger partial charge in [-0.1, -0.05) is 78.4 Å². The number of hydrogen-bond acceptors (Lipinski definition) is 1. The van der Waals surface area contributed by atoms with Gasteiger partial charge in [-0.2, -0.15) is 0 Å². The van der Waals surface area contributed by atoms with Gasteiger partial charge in [0, 0.05) is 33.1 Å². The molecule has 3 N–H and O–H groups in total. The van der Waals surface area contributed by atoms with Crippen molar-refractivity contribution >= 4 is 27.5 Å². The summed E-state index contributed by atoms with van der Waals surface area (Å²) in [4.78, 5) is 3.64. The predicted octanol–water partition coefficient (Wildman–Crippen LogP) is 6.55. The maximum Gasteiger partial charge on any atom is 0.0551 e. The molecule has 1 heterocycles. The molecule has 0 aliphatic rings. The Morgan fingerprint density at radius 2 is 1.37 bits per heavy atom. The normalized spacial score (nSPS) is 11.3. The largest absolute Gasteiger partial charge is 0.398 e. The van der Waals surface area contributed by atoms with E-state index in [0.29, 0.717) is 0 Å². The molecule has 0 aliphatic heterocycles. The molecule has 1 aromatic heterocycles. The second-order valence-corrected chi connectivity index (χ2v) is 7.03. The Balaban J connectivity index is 1.90. The number of fused-ring (bicyclic) bond motifs is 3. The zero-order valence-electron chi connectivity index (χ0n) is 15.2. The number of H-pyrrole nitrogens is 1. The monoisotopic (exact) mass is 348 g/mol. The lowest BCUT2D eigenvalue weighted by atomic mass is 9.93. The van der Waals surface area contributed by atoms with E-state index in [1.54, 1.807) is 0 Å². The van der Waals surface area contributed by atoms with E-state index in [4.69, 9.17) is 5.73 Å². The van der Waals surface area contributed by atoms with Gasteiger partial charge in [-0.3, -0.25) is 0 Å². The molecular formula is C25H20N2. The molecule has 0 fully saturated rings. The lowest BCUT2D eigenvalue weighted by Gasteiger charge is -2.11. The summed E-state index contributed by atoms with van der Waals surface area (Å²) in [7, 11) is 0. The first kappa shape index (κ1) is 15.7. The van der Waals surface area contributed by atoms with E-state index >= 15 is 0 Å². The molecule has 5 rings (SSSR count). The highest BCUT2D eigenvalue weighted by Crippen LogP contribution is 2.40. The Kier molecular flexibility index (Phi) is 3.51. The van der Waals surface area contributed by atoms with Gasteiger partial charge < -0.3 is 10.7 Å². The maximum atomic E-state index is 6.29. The molecule has 0 amide bonds. The summed E-state index contributed by atoms with van der Waals surface area (Å²) in [6, 6.07) is 29.7. The summed E-state index contributed by atoms with van der Waals surface area (Å²) >= 11 is 0. The Bertz CT molecular complexity index is 1280. The molecule has 4 aromatic carbocycles. The molecule has 0 saturated carbocycles. The molecule has 0 atom stereocenters. The van der Waals surface area contributed by atoms with Crippen molar-refractivity contribution in [2.24, 2.45) is 0 Å². The van der Waals surface area contributed by atoms with Crippen LogP contribution in [0.2, 0.25) is 0 Å². The number of benzene rings is 4. The smallest absolute Gasteiger partial charge is 0.0551 e. The minimum atomic E-state index is 0.792. The Labute approximate surface area is 158 Å². The summed E-state index contributed by atoms with van der Waals surface area (Å²) in [5.41, 5.74) is 15.3. The van der Waals surface area contributed by atoms with Crippen molar-refractivity contribution in [2.75, 3.05) is 5.73 Å². The van der Waals surface area contributed by atoms with Crippen molar-refractivity contribution in [1.29, 1.82) is 0 Å². The second-order valence-electron chi connectivity index (χ2n) is 7.03. The molecule has 0 unspecified atom stereocenters. The molecular weight excluding hydrogens is 328 g/mol. The van der Waals surface area contributed by atoms with Crippen molar-refractivity contribution in [3.63, 3.8) is 0 Å². The number of aryl methyl sites for hydroxylation is 1. The molecule has 0 radical (unpaired) electrons. The molecule has 5 aromatic rings. The molecule has 0 saturated heterocycles. The minimum absolute atomic E-state index is 0.792. The Morgan fingerprint density at radius 1 is 0.667 bits per heavy atom. The number of para-hydroxylation sites is 2. The number of nitrogen functional groups attached to an aromatic ring is 1. The van der Waals surface area contributed by atoms with Gasteiger partial charge in [-0.05, 0) is 30.2 Å². The van der Waals surface area contributed by atoms with Crippen LogP contribution in [0.1, 0.15) is 5.56 Å². The minimum Gasteiger partial charge on any atom is -0.398 e. The third-order valence-corrected chi connectivity index (χ3v) is 5.27. The third-order valence-electron chi connectivity index (χ3n) is 5.27. The number of nitrogens with two attached hydrogens (primary N) is 1. The number of nitrogens with one attached hydrogen (secondary N) is 1. The SMILES string of the molecule is Cc1ccc(-c2ccc(-c3ccccc3N)c3[nH]c4ccccc4c23)cc1. The fourth-order valence-electron chi connectivity index (χ4n) is 3.90. The number of hydrogen-bond donors (Lipinski definition) is 2. The third kappa shape index (κ3) is 2.49. The van der Waals surface area contributed by atoms with Crippen LogP contribution in [0.3, 0.4) is 0 Å². The summed E-state index contributed by atoms with van der Waals surface area (Å²) in [6.07, 6.45) is 0. The van der Waals surface area contributed by atoms with Gasteiger partial charge in [0.1, 0.15) is 0 Å². The van der Waals surface area contributed by atoms with Crippen LogP contribution in [-0.2, 0) is 0 Å². The van der Waals surface area contributed by atoms with E-state index in [9.17, 15) is 0 Å². The van der Waals surface area contributed by atoms with Gasteiger partial charge >= 0.3 is 0 Å². The van der Waals surface area contributed by atoms with Crippen LogP contribution in [0.4, 0.5) is 5.69 Å². The van der Waals surface area contributed by atoms with Gasteiger partial charge in [0.2, 0.25) is 0 Å². The summed E-state index contributed by atoms with van der Waals surface area (Å²) in [6.45, 7) is 2.12.